The topological polar surface area (TPSA) is 0 Å². The predicted octanol–water partition coefficient (Wildman–Crippen LogP) is 6.94. The third kappa shape index (κ3) is 4.81. The van der Waals surface area contributed by atoms with Gasteiger partial charge in [-0.25, -0.2) is 0 Å². The molecule has 0 fully saturated rings. The van der Waals surface area contributed by atoms with Crippen molar-refractivity contribution in [3.63, 3.8) is 0 Å². The van der Waals surface area contributed by atoms with Crippen molar-refractivity contribution in [2.45, 2.75) is 62.3 Å². The highest BCUT2D eigenvalue weighted by Crippen LogP contribution is 2.59. The Bertz CT molecular complexity index is 740. The molecule has 0 bridgehead atoms. The first-order chi connectivity index (χ1) is 11.9. The molecule has 0 saturated heterocycles. The van der Waals surface area contributed by atoms with Gasteiger partial charge in [0.25, 0.3) is 0 Å². The van der Waals surface area contributed by atoms with E-state index in [4.69, 9.17) is 12.2 Å². The van der Waals surface area contributed by atoms with E-state index in [1.807, 2.05) is 0 Å². The summed E-state index contributed by atoms with van der Waals surface area (Å²) in [6, 6.07) is 9.34. The van der Waals surface area contributed by atoms with Crippen molar-refractivity contribution in [2.75, 3.05) is 0 Å². The lowest BCUT2D eigenvalue weighted by Crippen LogP contribution is -2.22. The summed E-state index contributed by atoms with van der Waals surface area (Å²) in [5, 5.41) is 3.07. The van der Waals surface area contributed by atoms with Crippen molar-refractivity contribution >= 4 is 43.3 Å². The fourth-order valence-electron chi connectivity index (χ4n) is 3.54. The van der Waals surface area contributed by atoms with E-state index < -0.39 is 7.61 Å². The average molecular weight is 403 g/mol. The predicted molar refractivity (Wildman–Crippen MR) is 128 cm³/mol. The highest BCUT2D eigenvalue weighted by atomic mass is 32.1. The Balaban J connectivity index is 2.71. The van der Waals surface area contributed by atoms with E-state index in [0.29, 0.717) is 8.27 Å². The first-order valence-corrected chi connectivity index (χ1v) is 12.8. The molecule has 3 heteroatoms. The molecular formula is C23H32P2S. The van der Waals surface area contributed by atoms with Crippen LogP contribution in [0, 0.1) is 47.0 Å². The van der Waals surface area contributed by atoms with Gasteiger partial charge in [0.15, 0.2) is 0 Å². The molecule has 140 valence electrons. The van der Waals surface area contributed by atoms with Gasteiger partial charge in [-0.1, -0.05) is 68.4 Å². The SMILES string of the molecule is Cc1cc(C)c(P(PC(=S)C(C)(C)C)c2c(C)cc(C)cc2C)c(C)c1. The molecule has 0 aromatic heterocycles. The van der Waals surface area contributed by atoms with Crippen LogP contribution in [0.2, 0.25) is 0 Å². The minimum absolute atomic E-state index is 0.0768. The molecule has 2 aromatic rings. The Morgan fingerprint density at radius 3 is 1.31 bits per heavy atom. The van der Waals surface area contributed by atoms with Crippen LogP contribution in [-0.4, -0.2) is 4.61 Å². The van der Waals surface area contributed by atoms with Crippen molar-refractivity contribution in [1.82, 2.24) is 0 Å². The molecule has 0 saturated carbocycles. The van der Waals surface area contributed by atoms with Crippen molar-refractivity contribution in [3.05, 3.63) is 57.6 Å². The van der Waals surface area contributed by atoms with Crippen LogP contribution in [0.3, 0.4) is 0 Å². The molecular weight excluding hydrogens is 370 g/mol. The third-order valence-corrected chi connectivity index (χ3v) is 12.2. The third-order valence-electron chi connectivity index (χ3n) is 4.61. The van der Waals surface area contributed by atoms with Crippen LogP contribution in [0.25, 0.3) is 0 Å². The van der Waals surface area contributed by atoms with E-state index >= 15 is 0 Å². The number of hydrogen-bond acceptors (Lipinski definition) is 1. The molecule has 0 nitrogen and oxygen atoms in total. The molecule has 2 aromatic carbocycles. The number of hydrogen-bond donors (Lipinski definition) is 0. The van der Waals surface area contributed by atoms with Crippen LogP contribution in [0.5, 0.6) is 0 Å². The van der Waals surface area contributed by atoms with Crippen LogP contribution >= 0.6 is 28.1 Å². The smallest absolute Gasteiger partial charge is 0.0235 e. The van der Waals surface area contributed by atoms with Gasteiger partial charge in [0.1, 0.15) is 0 Å². The molecule has 0 radical (unpaired) electrons. The van der Waals surface area contributed by atoms with Gasteiger partial charge >= 0.3 is 0 Å². The van der Waals surface area contributed by atoms with Crippen LogP contribution in [0.15, 0.2) is 24.3 Å². The fraction of sp³-hybridized carbons (Fsp3) is 0.435. The van der Waals surface area contributed by atoms with Gasteiger partial charge < -0.3 is 0 Å². The fourth-order valence-corrected chi connectivity index (χ4v) is 11.4. The van der Waals surface area contributed by atoms with E-state index in [0.717, 1.165) is 0 Å². The number of rotatable bonds is 4. The normalized spacial score (nSPS) is 12.4. The molecule has 0 aliphatic heterocycles. The van der Waals surface area contributed by atoms with Gasteiger partial charge in [-0.05, 0) is 95.7 Å². The van der Waals surface area contributed by atoms with Gasteiger partial charge in [-0.2, -0.15) is 0 Å². The van der Waals surface area contributed by atoms with E-state index in [1.165, 1.54) is 48.6 Å². The lowest BCUT2D eigenvalue weighted by atomic mass is 10.0. The Kier molecular flexibility index (Phi) is 6.82. The number of benzene rings is 2. The molecule has 1 unspecified atom stereocenters. The minimum Gasteiger partial charge on any atom is -0.0837 e. The van der Waals surface area contributed by atoms with Crippen LogP contribution in [0.1, 0.15) is 54.2 Å². The summed E-state index contributed by atoms with van der Waals surface area (Å²) in [6.07, 6.45) is 0. The van der Waals surface area contributed by atoms with Crippen molar-refractivity contribution in [1.29, 1.82) is 0 Å². The second-order valence-corrected chi connectivity index (χ2v) is 13.6. The van der Waals surface area contributed by atoms with Crippen LogP contribution < -0.4 is 10.6 Å². The molecule has 0 spiro atoms. The lowest BCUT2D eigenvalue weighted by molar-refractivity contribution is 0.610. The quantitative estimate of drug-likeness (QED) is 0.394. The van der Waals surface area contributed by atoms with Gasteiger partial charge in [-0.15, -0.1) is 0 Å². The second-order valence-electron chi connectivity index (χ2n) is 8.52. The van der Waals surface area contributed by atoms with Crippen molar-refractivity contribution < 1.29 is 0 Å². The molecule has 0 aliphatic carbocycles. The summed E-state index contributed by atoms with van der Waals surface area (Å²) in [6.45, 7) is 20.2. The van der Waals surface area contributed by atoms with Gasteiger partial charge in [0.2, 0.25) is 0 Å². The maximum Gasteiger partial charge on any atom is 0.0235 e. The van der Waals surface area contributed by atoms with Crippen molar-refractivity contribution in [2.24, 2.45) is 5.41 Å². The Morgan fingerprint density at radius 2 is 1.04 bits per heavy atom. The van der Waals surface area contributed by atoms with Gasteiger partial charge in [-0.3, -0.25) is 0 Å². The standard InChI is InChI=1S/C23H32P2S/c1-14-10-16(3)20(17(4)11-14)25(24-22(26)23(7,8)9)21-18(5)12-15(2)13-19(21)6/h10-13,24H,1-9H3. The van der Waals surface area contributed by atoms with Crippen LogP contribution in [-0.2, 0) is 0 Å². The molecule has 1 atom stereocenters. The monoisotopic (exact) mass is 402 g/mol. The molecule has 0 heterocycles. The van der Waals surface area contributed by atoms with E-state index in [2.05, 4.69) is 86.6 Å². The highest BCUT2D eigenvalue weighted by molar-refractivity contribution is 8.37. The second kappa shape index (κ2) is 8.18. The average Bonchev–Trinajstić information content (AvgIpc) is 2.43. The molecule has 26 heavy (non-hydrogen) atoms. The minimum atomic E-state index is -0.476. The zero-order valence-corrected chi connectivity index (χ0v) is 20.4. The summed E-state index contributed by atoms with van der Waals surface area (Å²) in [5.74, 6) is 0. The largest absolute Gasteiger partial charge is 0.0837 e. The zero-order valence-electron chi connectivity index (χ0n) is 17.7. The number of thiocarbonyl (C=S) groups is 1. The first kappa shape index (κ1) is 21.7. The molecule has 0 amide bonds. The van der Waals surface area contributed by atoms with Crippen molar-refractivity contribution in [3.8, 4) is 0 Å². The van der Waals surface area contributed by atoms with E-state index in [-0.39, 0.29) is 5.41 Å². The van der Waals surface area contributed by atoms with Gasteiger partial charge in [0, 0.05) is 4.61 Å². The summed E-state index contributed by atoms with van der Waals surface area (Å²) in [7, 11) is 0.203. The Hall–Kier alpha value is -0.610. The van der Waals surface area contributed by atoms with E-state index in [9.17, 15) is 0 Å². The molecule has 0 N–H and O–H groups in total. The first-order valence-electron chi connectivity index (χ1n) is 9.18. The Morgan fingerprint density at radius 1 is 0.731 bits per heavy atom. The maximum atomic E-state index is 5.92. The van der Waals surface area contributed by atoms with Gasteiger partial charge in [0.05, 0.1) is 0 Å². The summed E-state index contributed by atoms with van der Waals surface area (Å²) >= 11 is 5.92. The van der Waals surface area contributed by atoms with Crippen LogP contribution in [0.4, 0.5) is 0 Å². The zero-order chi connectivity index (χ0) is 19.8. The lowest BCUT2D eigenvalue weighted by Gasteiger charge is -2.30. The van der Waals surface area contributed by atoms with E-state index in [1.54, 1.807) is 0 Å². The summed E-state index contributed by atoms with van der Waals surface area (Å²) in [4.78, 5) is 0. The summed E-state index contributed by atoms with van der Waals surface area (Å²) in [5.41, 5.74) is 8.42. The summed E-state index contributed by atoms with van der Waals surface area (Å²) < 4.78 is 1.21. The highest BCUT2D eigenvalue weighted by Gasteiger charge is 2.27. The number of aryl methyl sites for hydroxylation is 6. The maximum absolute atomic E-state index is 5.92. The molecule has 0 aliphatic rings. The Labute approximate surface area is 168 Å². The molecule has 2 rings (SSSR count).